The molecule has 0 fully saturated rings. The summed E-state index contributed by atoms with van der Waals surface area (Å²) in [5.74, 6) is -1.22. The van der Waals surface area contributed by atoms with E-state index in [-0.39, 0.29) is 6.61 Å². The fourth-order valence-corrected chi connectivity index (χ4v) is 1.93. The molecule has 0 spiro atoms. The lowest BCUT2D eigenvalue weighted by molar-refractivity contribution is -0.152. The number of esters is 1. The predicted molar refractivity (Wildman–Crippen MR) is 81.1 cm³/mol. The number of aromatic nitrogens is 3. The molecule has 0 bridgehead atoms. The van der Waals surface area contributed by atoms with Crippen LogP contribution in [0.15, 0.2) is 18.3 Å². The molecule has 1 N–H and O–H groups in total. The zero-order valence-electron chi connectivity index (χ0n) is 12.4. The van der Waals surface area contributed by atoms with E-state index in [1.165, 1.54) is 6.20 Å². The highest BCUT2D eigenvalue weighted by atomic mass is 35.5. The number of aryl methyl sites for hydroxylation is 1. The third kappa shape index (κ3) is 3.25. The fourth-order valence-electron chi connectivity index (χ4n) is 1.81. The van der Waals surface area contributed by atoms with Crippen LogP contribution in [0.3, 0.4) is 0 Å². The van der Waals surface area contributed by atoms with Crippen LogP contribution in [0.5, 0.6) is 0 Å². The molecule has 2 aromatic heterocycles. The Kier molecular flexibility index (Phi) is 4.77. The van der Waals surface area contributed by atoms with Crippen molar-refractivity contribution in [2.75, 3.05) is 11.9 Å². The minimum Gasteiger partial charge on any atom is -0.459 e. The van der Waals surface area contributed by atoms with E-state index in [0.717, 1.165) is 5.69 Å². The van der Waals surface area contributed by atoms with E-state index in [1.807, 2.05) is 6.92 Å². The smallest absolute Gasteiger partial charge is 0.397 e. The van der Waals surface area contributed by atoms with Gasteiger partial charge < -0.3 is 10.1 Å². The Morgan fingerprint density at radius 1 is 1.36 bits per heavy atom. The van der Waals surface area contributed by atoms with Gasteiger partial charge in [-0.15, -0.1) is 0 Å². The molecule has 7 nitrogen and oxygen atoms in total. The number of hydrogen-bond donors (Lipinski definition) is 1. The van der Waals surface area contributed by atoms with Crippen molar-refractivity contribution < 1.29 is 14.3 Å². The van der Waals surface area contributed by atoms with Gasteiger partial charge in [0.15, 0.2) is 5.82 Å². The number of carbonyl (C=O) groups excluding carboxylic acids is 2. The summed E-state index contributed by atoms with van der Waals surface area (Å²) in [7, 11) is 0. The molecule has 116 valence electrons. The van der Waals surface area contributed by atoms with E-state index < -0.39 is 11.9 Å². The number of anilines is 1. The van der Waals surface area contributed by atoms with Crippen molar-refractivity contribution in [3.63, 3.8) is 0 Å². The molecular formula is C14H15ClN4O3. The third-order valence-electron chi connectivity index (χ3n) is 2.89. The van der Waals surface area contributed by atoms with Gasteiger partial charge in [-0.05, 0) is 32.9 Å². The van der Waals surface area contributed by atoms with E-state index in [0.29, 0.717) is 22.2 Å². The number of nitrogens with zero attached hydrogens (tertiary/aromatic N) is 3. The molecule has 0 aliphatic heterocycles. The fraction of sp³-hybridized carbons (Fsp3) is 0.286. The van der Waals surface area contributed by atoms with Crippen molar-refractivity contribution in [2.24, 2.45) is 0 Å². The van der Waals surface area contributed by atoms with Gasteiger partial charge in [0.2, 0.25) is 0 Å². The second-order valence-electron chi connectivity index (χ2n) is 4.48. The van der Waals surface area contributed by atoms with E-state index in [4.69, 9.17) is 11.6 Å². The molecule has 0 atom stereocenters. The SMILES string of the molecule is CCOC(=O)C(=O)Nc1ccc(-n2nc(C)c(Cl)c2C)nc1. The molecule has 0 saturated heterocycles. The van der Waals surface area contributed by atoms with E-state index in [2.05, 4.69) is 20.1 Å². The summed E-state index contributed by atoms with van der Waals surface area (Å²) in [6, 6.07) is 3.28. The lowest BCUT2D eigenvalue weighted by Crippen LogP contribution is -2.25. The summed E-state index contributed by atoms with van der Waals surface area (Å²) >= 11 is 6.09. The summed E-state index contributed by atoms with van der Waals surface area (Å²) in [5.41, 5.74) is 1.87. The molecule has 2 heterocycles. The number of rotatable bonds is 3. The standard InChI is InChI=1S/C14H15ClN4O3/c1-4-22-14(21)13(20)17-10-5-6-11(16-7-10)19-9(3)12(15)8(2)18-19/h5-7H,4H2,1-3H3,(H,17,20). The molecule has 0 saturated carbocycles. The first-order valence-electron chi connectivity index (χ1n) is 6.60. The quantitative estimate of drug-likeness (QED) is 0.690. The van der Waals surface area contributed by atoms with Crippen molar-refractivity contribution >= 4 is 29.2 Å². The highest BCUT2D eigenvalue weighted by Gasteiger charge is 2.15. The largest absolute Gasteiger partial charge is 0.459 e. The number of hydrogen-bond acceptors (Lipinski definition) is 5. The van der Waals surface area contributed by atoms with E-state index in [1.54, 1.807) is 30.7 Å². The molecule has 2 rings (SSSR count). The summed E-state index contributed by atoms with van der Waals surface area (Å²) in [4.78, 5) is 26.9. The summed E-state index contributed by atoms with van der Waals surface area (Å²) in [5, 5.41) is 7.27. The van der Waals surface area contributed by atoms with Gasteiger partial charge in [-0.1, -0.05) is 11.6 Å². The van der Waals surface area contributed by atoms with Crippen LogP contribution in [-0.2, 0) is 14.3 Å². The highest BCUT2D eigenvalue weighted by Crippen LogP contribution is 2.21. The van der Waals surface area contributed by atoms with Gasteiger partial charge in [0.25, 0.3) is 0 Å². The Morgan fingerprint density at radius 3 is 2.59 bits per heavy atom. The molecule has 0 aliphatic rings. The number of pyridine rings is 1. The zero-order valence-corrected chi connectivity index (χ0v) is 13.1. The van der Waals surface area contributed by atoms with Crippen molar-refractivity contribution in [3.8, 4) is 5.82 Å². The monoisotopic (exact) mass is 322 g/mol. The van der Waals surface area contributed by atoms with Gasteiger partial charge in [0.1, 0.15) is 0 Å². The van der Waals surface area contributed by atoms with Gasteiger partial charge >= 0.3 is 11.9 Å². The highest BCUT2D eigenvalue weighted by molar-refractivity contribution is 6.37. The van der Waals surface area contributed by atoms with Crippen molar-refractivity contribution in [2.45, 2.75) is 20.8 Å². The molecule has 0 radical (unpaired) electrons. The second kappa shape index (κ2) is 6.57. The lowest BCUT2D eigenvalue weighted by Gasteiger charge is -2.06. The number of carbonyl (C=O) groups is 2. The minimum absolute atomic E-state index is 0.141. The Morgan fingerprint density at radius 2 is 2.09 bits per heavy atom. The van der Waals surface area contributed by atoms with Crippen LogP contribution in [0.25, 0.3) is 5.82 Å². The molecule has 0 aliphatic carbocycles. The minimum atomic E-state index is -0.933. The molecule has 0 aromatic carbocycles. The van der Waals surface area contributed by atoms with E-state index in [9.17, 15) is 9.59 Å². The maximum atomic E-state index is 11.5. The number of halogens is 1. The van der Waals surface area contributed by atoms with Gasteiger partial charge in [-0.2, -0.15) is 5.10 Å². The van der Waals surface area contributed by atoms with Crippen LogP contribution in [0.1, 0.15) is 18.3 Å². The molecule has 2 aromatic rings. The summed E-state index contributed by atoms with van der Waals surface area (Å²) in [6.07, 6.45) is 1.43. The second-order valence-corrected chi connectivity index (χ2v) is 4.85. The van der Waals surface area contributed by atoms with Crippen LogP contribution < -0.4 is 5.32 Å². The number of nitrogens with one attached hydrogen (secondary N) is 1. The average molecular weight is 323 g/mol. The molecule has 1 amide bonds. The van der Waals surface area contributed by atoms with Gasteiger partial charge in [-0.3, -0.25) is 4.79 Å². The van der Waals surface area contributed by atoms with Crippen LogP contribution in [0.2, 0.25) is 5.02 Å². The average Bonchev–Trinajstić information content (AvgIpc) is 2.76. The number of ether oxygens (including phenoxy) is 1. The summed E-state index contributed by atoms with van der Waals surface area (Å²) in [6.45, 7) is 5.41. The maximum absolute atomic E-state index is 11.5. The maximum Gasteiger partial charge on any atom is 0.397 e. The van der Waals surface area contributed by atoms with Gasteiger partial charge in [0, 0.05) is 0 Å². The van der Waals surface area contributed by atoms with Gasteiger partial charge in [-0.25, -0.2) is 14.5 Å². The first-order chi connectivity index (χ1) is 10.4. The Bertz CT molecular complexity index is 710. The molecule has 0 unspecified atom stereocenters. The predicted octanol–water partition coefficient (Wildman–Crippen LogP) is 2.04. The van der Waals surface area contributed by atoms with E-state index >= 15 is 0 Å². The third-order valence-corrected chi connectivity index (χ3v) is 3.43. The van der Waals surface area contributed by atoms with Crippen LogP contribution in [0, 0.1) is 13.8 Å². The molecular weight excluding hydrogens is 308 g/mol. The topological polar surface area (TPSA) is 86.1 Å². The van der Waals surface area contributed by atoms with Crippen LogP contribution in [0.4, 0.5) is 5.69 Å². The normalized spacial score (nSPS) is 10.4. The Labute approximate surface area is 132 Å². The lowest BCUT2D eigenvalue weighted by atomic mass is 10.3. The van der Waals surface area contributed by atoms with Crippen LogP contribution >= 0.6 is 11.6 Å². The van der Waals surface area contributed by atoms with Crippen molar-refractivity contribution in [3.05, 3.63) is 34.7 Å². The van der Waals surface area contributed by atoms with Crippen molar-refractivity contribution in [1.82, 2.24) is 14.8 Å². The van der Waals surface area contributed by atoms with Gasteiger partial charge in [0.05, 0.1) is 34.9 Å². The Balaban J connectivity index is 2.15. The first kappa shape index (κ1) is 16.0. The molecule has 8 heteroatoms. The Hall–Kier alpha value is -2.41. The summed E-state index contributed by atoms with van der Waals surface area (Å²) < 4.78 is 6.21. The first-order valence-corrected chi connectivity index (χ1v) is 6.98. The zero-order chi connectivity index (χ0) is 16.3. The van der Waals surface area contributed by atoms with Crippen LogP contribution in [-0.4, -0.2) is 33.2 Å². The molecule has 22 heavy (non-hydrogen) atoms. The van der Waals surface area contributed by atoms with Crippen molar-refractivity contribution in [1.29, 1.82) is 0 Å². The number of amides is 1.